The standard InChI is InChI=1S/C28H29N3O4S2/c1-17-14-30(15-18(2)35-17)25-21-7-5-6-8-23(21)29(3)26(32)22(25)13-24-27(33)31(28(36)37-24)16-19-9-11-20(34-4)12-10-19/h5-13,17-18H,14-16H2,1-4H3. The van der Waals surface area contributed by atoms with Crippen LogP contribution in [-0.4, -0.2) is 52.1 Å². The number of carbonyl (C=O) groups is 1. The van der Waals surface area contributed by atoms with E-state index in [0.29, 0.717) is 34.4 Å². The lowest BCUT2D eigenvalue weighted by Gasteiger charge is -2.38. The number of aryl methyl sites for hydroxylation is 1. The van der Waals surface area contributed by atoms with Crippen molar-refractivity contribution in [2.75, 3.05) is 25.1 Å². The SMILES string of the molecule is COc1ccc(CN2C(=O)C(=Cc3c(N4CC(C)OC(C)C4)c4ccccc4n(C)c3=O)SC2=S)cc1. The second-order valence-corrected chi connectivity index (χ2v) is 11.1. The number of pyridine rings is 1. The van der Waals surface area contributed by atoms with Gasteiger partial charge in [-0.1, -0.05) is 54.3 Å². The van der Waals surface area contributed by atoms with Crippen LogP contribution in [-0.2, 0) is 23.1 Å². The summed E-state index contributed by atoms with van der Waals surface area (Å²) >= 11 is 6.81. The van der Waals surface area contributed by atoms with Gasteiger partial charge in [0.1, 0.15) is 10.1 Å². The second-order valence-electron chi connectivity index (χ2n) is 9.42. The Labute approximate surface area is 225 Å². The quantitative estimate of drug-likeness (QED) is 0.351. The fourth-order valence-electron chi connectivity index (χ4n) is 5.01. The van der Waals surface area contributed by atoms with Crippen molar-refractivity contribution in [2.45, 2.75) is 32.6 Å². The van der Waals surface area contributed by atoms with Crippen molar-refractivity contribution in [3.05, 3.63) is 74.9 Å². The molecule has 2 aliphatic heterocycles. The van der Waals surface area contributed by atoms with E-state index >= 15 is 0 Å². The van der Waals surface area contributed by atoms with Crippen LogP contribution in [0.3, 0.4) is 0 Å². The molecule has 37 heavy (non-hydrogen) atoms. The topological polar surface area (TPSA) is 64.0 Å². The summed E-state index contributed by atoms with van der Waals surface area (Å²) in [5.41, 5.74) is 2.96. The maximum atomic E-state index is 13.7. The molecule has 3 aromatic rings. The van der Waals surface area contributed by atoms with Gasteiger partial charge in [-0.05, 0) is 43.7 Å². The summed E-state index contributed by atoms with van der Waals surface area (Å²) < 4.78 is 13.3. The molecular formula is C28H29N3O4S2. The number of amides is 1. The van der Waals surface area contributed by atoms with Gasteiger partial charge in [0.05, 0.1) is 47.5 Å². The van der Waals surface area contributed by atoms with Gasteiger partial charge in [0, 0.05) is 25.5 Å². The molecule has 0 spiro atoms. The molecule has 3 heterocycles. The Kier molecular flexibility index (Phi) is 7.11. The largest absolute Gasteiger partial charge is 0.497 e. The average Bonchev–Trinajstić information content (AvgIpc) is 3.14. The van der Waals surface area contributed by atoms with E-state index in [4.69, 9.17) is 21.7 Å². The zero-order chi connectivity index (χ0) is 26.3. The Morgan fingerprint density at radius 3 is 2.43 bits per heavy atom. The smallest absolute Gasteiger partial charge is 0.266 e. The molecule has 2 unspecified atom stereocenters. The first kappa shape index (κ1) is 25.5. The van der Waals surface area contributed by atoms with Crippen LogP contribution in [0.1, 0.15) is 25.0 Å². The highest BCUT2D eigenvalue weighted by atomic mass is 32.2. The Morgan fingerprint density at radius 1 is 1.08 bits per heavy atom. The van der Waals surface area contributed by atoms with Gasteiger partial charge in [0.2, 0.25) is 0 Å². The van der Waals surface area contributed by atoms with E-state index in [1.165, 1.54) is 11.8 Å². The highest BCUT2D eigenvalue weighted by Gasteiger charge is 2.34. The van der Waals surface area contributed by atoms with Crippen LogP contribution in [0.2, 0.25) is 0 Å². The zero-order valence-corrected chi connectivity index (χ0v) is 22.9. The summed E-state index contributed by atoms with van der Waals surface area (Å²) in [6.07, 6.45) is 1.76. The highest BCUT2D eigenvalue weighted by Crippen LogP contribution is 2.37. The van der Waals surface area contributed by atoms with Gasteiger partial charge >= 0.3 is 0 Å². The number of thioether (sulfide) groups is 1. The number of aromatic nitrogens is 1. The summed E-state index contributed by atoms with van der Waals surface area (Å²) in [6.45, 7) is 5.74. The van der Waals surface area contributed by atoms with Gasteiger partial charge in [-0.25, -0.2) is 0 Å². The number of methoxy groups -OCH3 is 1. The van der Waals surface area contributed by atoms with Crippen molar-refractivity contribution < 1.29 is 14.3 Å². The molecule has 2 aliphatic rings. The van der Waals surface area contributed by atoms with Gasteiger partial charge in [-0.15, -0.1) is 0 Å². The first-order valence-electron chi connectivity index (χ1n) is 12.2. The van der Waals surface area contributed by atoms with Crippen LogP contribution in [0.15, 0.2) is 58.2 Å². The first-order valence-corrected chi connectivity index (χ1v) is 13.4. The Morgan fingerprint density at radius 2 is 1.76 bits per heavy atom. The molecule has 7 nitrogen and oxygen atoms in total. The van der Waals surface area contributed by atoms with Crippen LogP contribution in [0.4, 0.5) is 5.69 Å². The normalized spacial score (nSPS) is 21.4. The van der Waals surface area contributed by atoms with E-state index < -0.39 is 0 Å². The number of fused-ring (bicyclic) bond motifs is 1. The molecule has 2 atom stereocenters. The van der Waals surface area contributed by atoms with E-state index in [9.17, 15) is 9.59 Å². The number of nitrogens with zero attached hydrogens (tertiary/aromatic N) is 3. The van der Waals surface area contributed by atoms with Crippen LogP contribution in [0.25, 0.3) is 17.0 Å². The van der Waals surface area contributed by atoms with E-state index in [0.717, 1.165) is 27.9 Å². The summed E-state index contributed by atoms with van der Waals surface area (Å²) in [5, 5.41) is 0.964. The molecule has 1 aromatic heterocycles. The Bertz CT molecular complexity index is 1450. The van der Waals surface area contributed by atoms with E-state index in [2.05, 4.69) is 4.90 Å². The molecule has 0 aliphatic carbocycles. The van der Waals surface area contributed by atoms with Crippen molar-refractivity contribution in [1.82, 2.24) is 9.47 Å². The number of rotatable bonds is 5. The molecule has 9 heteroatoms. The Balaban J connectivity index is 1.58. The minimum atomic E-state index is -0.198. The number of benzene rings is 2. The third-order valence-electron chi connectivity index (χ3n) is 6.70. The minimum absolute atomic E-state index is 0.0159. The van der Waals surface area contributed by atoms with Crippen molar-refractivity contribution in [2.24, 2.45) is 7.05 Å². The maximum absolute atomic E-state index is 13.7. The highest BCUT2D eigenvalue weighted by molar-refractivity contribution is 8.26. The summed E-state index contributed by atoms with van der Waals surface area (Å²) in [4.78, 5) is 31.4. The molecule has 0 N–H and O–H groups in total. The van der Waals surface area contributed by atoms with Crippen molar-refractivity contribution in [1.29, 1.82) is 0 Å². The number of hydrogen-bond donors (Lipinski definition) is 0. The molecule has 0 bridgehead atoms. The van der Waals surface area contributed by atoms with Crippen molar-refractivity contribution in [3.63, 3.8) is 0 Å². The number of morpholine rings is 1. The molecule has 2 aromatic carbocycles. The predicted molar refractivity (Wildman–Crippen MR) is 153 cm³/mol. The van der Waals surface area contributed by atoms with Gasteiger partial charge in [-0.2, -0.15) is 0 Å². The van der Waals surface area contributed by atoms with Gasteiger partial charge < -0.3 is 18.9 Å². The number of thiocarbonyl (C=S) groups is 1. The fourth-order valence-corrected chi connectivity index (χ4v) is 6.25. The zero-order valence-electron chi connectivity index (χ0n) is 21.3. The lowest BCUT2D eigenvalue weighted by atomic mass is 10.0. The average molecular weight is 536 g/mol. The molecule has 0 radical (unpaired) electrons. The molecule has 2 fully saturated rings. The van der Waals surface area contributed by atoms with Gasteiger partial charge in [0.25, 0.3) is 11.5 Å². The molecule has 0 saturated carbocycles. The summed E-state index contributed by atoms with van der Waals surface area (Å²) in [5.74, 6) is 0.552. The lowest BCUT2D eigenvalue weighted by Crippen LogP contribution is -2.46. The van der Waals surface area contributed by atoms with Gasteiger partial charge in [0.15, 0.2) is 0 Å². The second kappa shape index (κ2) is 10.3. The Hall–Kier alpha value is -3.14. The summed E-state index contributed by atoms with van der Waals surface area (Å²) in [6, 6.07) is 15.4. The first-order chi connectivity index (χ1) is 17.8. The monoisotopic (exact) mass is 535 g/mol. The third-order valence-corrected chi connectivity index (χ3v) is 8.07. The van der Waals surface area contributed by atoms with Crippen LogP contribution < -0.4 is 15.2 Å². The number of anilines is 1. The minimum Gasteiger partial charge on any atom is -0.497 e. The van der Waals surface area contributed by atoms with Crippen molar-refractivity contribution in [3.8, 4) is 5.75 Å². The van der Waals surface area contributed by atoms with Crippen LogP contribution >= 0.6 is 24.0 Å². The number of para-hydroxylation sites is 1. The molecular weight excluding hydrogens is 506 g/mol. The summed E-state index contributed by atoms with van der Waals surface area (Å²) in [7, 11) is 3.39. The molecule has 1 amide bonds. The van der Waals surface area contributed by atoms with Crippen LogP contribution in [0.5, 0.6) is 5.75 Å². The van der Waals surface area contributed by atoms with E-state index in [-0.39, 0.29) is 23.7 Å². The predicted octanol–water partition coefficient (Wildman–Crippen LogP) is 4.56. The van der Waals surface area contributed by atoms with E-state index in [1.807, 2.05) is 62.4 Å². The number of hydrogen-bond acceptors (Lipinski definition) is 7. The fraction of sp³-hybridized carbons (Fsp3) is 0.321. The number of carbonyl (C=O) groups excluding carboxylic acids is 1. The van der Waals surface area contributed by atoms with Crippen molar-refractivity contribution >= 4 is 56.9 Å². The molecule has 5 rings (SSSR count). The molecule has 2 saturated heterocycles. The maximum Gasteiger partial charge on any atom is 0.266 e. The van der Waals surface area contributed by atoms with Gasteiger partial charge in [-0.3, -0.25) is 14.5 Å². The van der Waals surface area contributed by atoms with E-state index in [1.54, 1.807) is 29.7 Å². The number of ether oxygens (including phenoxy) is 2. The van der Waals surface area contributed by atoms with Crippen LogP contribution in [0, 0.1) is 0 Å². The molecule has 192 valence electrons. The third kappa shape index (κ3) is 4.91. The lowest BCUT2D eigenvalue weighted by molar-refractivity contribution is -0.122.